The fourth-order valence-electron chi connectivity index (χ4n) is 1.34. The van der Waals surface area contributed by atoms with Crippen LogP contribution in [0.2, 0.25) is 0 Å². The number of nitriles is 1. The second-order valence-corrected chi connectivity index (χ2v) is 4.97. The minimum absolute atomic E-state index is 0.516. The molecule has 0 saturated carbocycles. The van der Waals surface area contributed by atoms with Crippen LogP contribution in [0.4, 0.5) is 0 Å². The summed E-state index contributed by atoms with van der Waals surface area (Å²) in [5.41, 5.74) is 2.01. The van der Waals surface area contributed by atoms with E-state index in [1.54, 1.807) is 0 Å². The summed E-state index contributed by atoms with van der Waals surface area (Å²) in [6, 6.07) is 10.1. The molecule has 2 aromatic rings. The zero-order chi connectivity index (χ0) is 10.8. The van der Waals surface area contributed by atoms with Crippen LogP contribution in [-0.4, -0.2) is 4.98 Å². The Morgan fingerprint density at radius 2 is 2.27 bits per heavy atom. The highest BCUT2D eigenvalue weighted by atomic mass is 79.9. The van der Waals surface area contributed by atoms with Crippen molar-refractivity contribution < 1.29 is 0 Å². The number of benzene rings is 1. The molecule has 1 aromatic heterocycles. The largest absolute Gasteiger partial charge is 0.231 e. The lowest BCUT2D eigenvalue weighted by Gasteiger charge is -1.98. The average molecular weight is 279 g/mol. The normalized spacial score (nSPS) is 9.93. The zero-order valence-corrected chi connectivity index (χ0v) is 10.4. The van der Waals surface area contributed by atoms with E-state index in [9.17, 15) is 0 Å². The summed E-state index contributed by atoms with van der Waals surface area (Å²) < 4.78 is 1.03. The molecule has 0 aliphatic heterocycles. The molecule has 15 heavy (non-hydrogen) atoms. The topological polar surface area (TPSA) is 36.7 Å². The SMILES string of the molecule is Cc1nc(C#N)sc1-c1cccc(Br)c1. The second kappa shape index (κ2) is 4.13. The molecule has 2 nitrogen and oxygen atoms in total. The summed E-state index contributed by atoms with van der Waals surface area (Å²) in [5, 5.41) is 9.28. The number of aromatic nitrogens is 1. The van der Waals surface area contributed by atoms with Gasteiger partial charge in [0.2, 0.25) is 0 Å². The van der Waals surface area contributed by atoms with Crippen LogP contribution in [0.15, 0.2) is 28.7 Å². The fraction of sp³-hybridized carbons (Fsp3) is 0.0909. The van der Waals surface area contributed by atoms with Crippen molar-refractivity contribution in [3.63, 3.8) is 0 Å². The molecule has 0 amide bonds. The quantitative estimate of drug-likeness (QED) is 0.797. The third kappa shape index (κ3) is 2.09. The van der Waals surface area contributed by atoms with Crippen LogP contribution < -0.4 is 0 Å². The molecule has 1 heterocycles. The number of hydrogen-bond acceptors (Lipinski definition) is 3. The molecule has 0 spiro atoms. The Hall–Kier alpha value is -1.18. The standard InChI is InChI=1S/C11H7BrN2S/c1-7-11(15-10(6-13)14-7)8-3-2-4-9(12)5-8/h2-5H,1H3. The summed E-state index contributed by atoms with van der Waals surface area (Å²) in [4.78, 5) is 5.24. The molecule has 0 bridgehead atoms. The Labute approximate surface area is 100 Å². The molecule has 0 atom stereocenters. The molecule has 0 unspecified atom stereocenters. The van der Waals surface area contributed by atoms with Crippen LogP contribution >= 0.6 is 27.3 Å². The van der Waals surface area contributed by atoms with E-state index in [2.05, 4.69) is 27.0 Å². The smallest absolute Gasteiger partial charge is 0.195 e. The second-order valence-electron chi connectivity index (χ2n) is 3.06. The third-order valence-electron chi connectivity index (χ3n) is 1.98. The number of rotatable bonds is 1. The maximum absolute atomic E-state index is 8.77. The Morgan fingerprint density at radius 1 is 1.47 bits per heavy atom. The zero-order valence-electron chi connectivity index (χ0n) is 7.99. The van der Waals surface area contributed by atoms with Gasteiger partial charge in [-0.1, -0.05) is 28.1 Å². The number of nitrogens with zero attached hydrogens (tertiary/aromatic N) is 2. The number of aryl methyl sites for hydroxylation is 1. The molecule has 74 valence electrons. The van der Waals surface area contributed by atoms with Crippen LogP contribution in [-0.2, 0) is 0 Å². The summed E-state index contributed by atoms with van der Waals surface area (Å²) in [5.74, 6) is 0. The maximum atomic E-state index is 8.77. The van der Waals surface area contributed by atoms with Gasteiger partial charge in [0.15, 0.2) is 5.01 Å². The van der Waals surface area contributed by atoms with Crippen molar-refractivity contribution in [3.8, 4) is 16.5 Å². The lowest BCUT2D eigenvalue weighted by Crippen LogP contribution is -1.77. The molecule has 0 saturated heterocycles. The van der Waals surface area contributed by atoms with Gasteiger partial charge in [-0.05, 0) is 24.6 Å². The minimum Gasteiger partial charge on any atom is -0.231 e. The number of hydrogen-bond donors (Lipinski definition) is 0. The summed E-state index contributed by atoms with van der Waals surface area (Å²) in [6.07, 6.45) is 0. The van der Waals surface area contributed by atoms with Gasteiger partial charge in [-0.3, -0.25) is 0 Å². The highest BCUT2D eigenvalue weighted by molar-refractivity contribution is 9.10. The summed E-state index contributed by atoms with van der Waals surface area (Å²) in [7, 11) is 0. The van der Waals surface area contributed by atoms with E-state index in [0.29, 0.717) is 5.01 Å². The van der Waals surface area contributed by atoms with Crippen LogP contribution in [0.1, 0.15) is 10.7 Å². The minimum atomic E-state index is 0.516. The van der Waals surface area contributed by atoms with Gasteiger partial charge < -0.3 is 0 Å². The Kier molecular flexibility index (Phi) is 2.85. The van der Waals surface area contributed by atoms with E-state index in [0.717, 1.165) is 20.6 Å². The predicted molar refractivity (Wildman–Crippen MR) is 64.7 cm³/mol. The van der Waals surface area contributed by atoms with Crippen molar-refractivity contribution in [2.24, 2.45) is 0 Å². The van der Waals surface area contributed by atoms with Gasteiger partial charge in [0, 0.05) is 4.47 Å². The highest BCUT2D eigenvalue weighted by Gasteiger charge is 2.09. The molecular formula is C11H7BrN2S. The van der Waals surface area contributed by atoms with E-state index in [4.69, 9.17) is 5.26 Å². The van der Waals surface area contributed by atoms with E-state index in [-0.39, 0.29) is 0 Å². The molecule has 0 fully saturated rings. The predicted octanol–water partition coefficient (Wildman–Crippen LogP) is 3.75. The van der Waals surface area contributed by atoms with Gasteiger partial charge in [-0.2, -0.15) is 5.26 Å². The first-order valence-corrected chi connectivity index (χ1v) is 5.95. The van der Waals surface area contributed by atoms with Crippen LogP contribution in [0.5, 0.6) is 0 Å². The first kappa shape index (κ1) is 10.3. The maximum Gasteiger partial charge on any atom is 0.195 e. The van der Waals surface area contributed by atoms with Gasteiger partial charge in [-0.15, -0.1) is 11.3 Å². The third-order valence-corrected chi connectivity index (χ3v) is 3.58. The Balaban J connectivity index is 2.54. The van der Waals surface area contributed by atoms with Gasteiger partial charge in [0.1, 0.15) is 6.07 Å². The van der Waals surface area contributed by atoms with Crippen molar-refractivity contribution >= 4 is 27.3 Å². The van der Waals surface area contributed by atoms with E-state index < -0.39 is 0 Å². The number of halogens is 1. The first-order valence-electron chi connectivity index (χ1n) is 4.34. The van der Waals surface area contributed by atoms with Crippen LogP contribution in [0.25, 0.3) is 10.4 Å². The van der Waals surface area contributed by atoms with Gasteiger partial charge in [0.05, 0.1) is 10.6 Å². The fourth-order valence-corrected chi connectivity index (χ4v) is 2.60. The average Bonchev–Trinajstić information content (AvgIpc) is 2.60. The number of thiazole rings is 1. The molecule has 4 heteroatoms. The molecule has 0 aliphatic carbocycles. The van der Waals surface area contributed by atoms with Crippen molar-refractivity contribution in [1.82, 2.24) is 4.98 Å². The molecule has 2 rings (SSSR count). The highest BCUT2D eigenvalue weighted by Crippen LogP contribution is 2.31. The molecule has 0 N–H and O–H groups in total. The Morgan fingerprint density at radius 3 is 2.87 bits per heavy atom. The van der Waals surface area contributed by atoms with E-state index in [1.165, 1.54) is 11.3 Å². The van der Waals surface area contributed by atoms with Crippen LogP contribution in [0.3, 0.4) is 0 Å². The van der Waals surface area contributed by atoms with Gasteiger partial charge >= 0.3 is 0 Å². The Bertz CT molecular complexity index is 540. The van der Waals surface area contributed by atoms with E-state index in [1.807, 2.05) is 31.2 Å². The van der Waals surface area contributed by atoms with Crippen molar-refractivity contribution in [1.29, 1.82) is 5.26 Å². The molecular weight excluding hydrogens is 272 g/mol. The van der Waals surface area contributed by atoms with Gasteiger partial charge in [-0.25, -0.2) is 4.98 Å². The molecule has 1 aromatic carbocycles. The first-order chi connectivity index (χ1) is 7.20. The lowest BCUT2D eigenvalue weighted by atomic mass is 10.2. The molecule has 0 aliphatic rings. The van der Waals surface area contributed by atoms with E-state index >= 15 is 0 Å². The van der Waals surface area contributed by atoms with Gasteiger partial charge in [0.25, 0.3) is 0 Å². The summed E-state index contributed by atoms with van der Waals surface area (Å²) >= 11 is 4.86. The van der Waals surface area contributed by atoms with Crippen molar-refractivity contribution in [3.05, 3.63) is 39.4 Å². The summed E-state index contributed by atoms with van der Waals surface area (Å²) in [6.45, 7) is 1.92. The monoisotopic (exact) mass is 278 g/mol. The van der Waals surface area contributed by atoms with Crippen molar-refractivity contribution in [2.75, 3.05) is 0 Å². The molecule has 0 radical (unpaired) electrons. The van der Waals surface area contributed by atoms with Crippen LogP contribution in [0, 0.1) is 18.3 Å². The van der Waals surface area contributed by atoms with Crippen molar-refractivity contribution in [2.45, 2.75) is 6.92 Å². The lowest BCUT2D eigenvalue weighted by molar-refractivity contribution is 1.24.